The predicted molar refractivity (Wildman–Crippen MR) is 118 cm³/mol. The number of hydrogen-bond acceptors (Lipinski definition) is 4. The maximum atomic E-state index is 12.6. The highest BCUT2D eigenvalue weighted by Gasteiger charge is 2.32. The van der Waals surface area contributed by atoms with Gasteiger partial charge >= 0.3 is 12.1 Å². The van der Waals surface area contributed by atoms with Gasteiger partial charge in [0.05, 0.1) is 13.2 Å². The fourth-order valence-electron chi connectivity index (χ4n) is 4.05. The second-order valence-corrected chi connectivity index (χ2v) is 8.51. The molecule has 1 rings (SSSR count). The lowest BCUT2D eigenvalue weighted by Gasteiger charge is -2.29. The number of nitrogens with one attached hydrogen (secondary N) is 1. The Bertz CT molecular complexity index is 421. The molecule has 1 atom stereocenters. The molecule has 0 saturated heterocycles. The van der Waals surface area contributed by atoms with E-state index in [0.29, 0.717) is 13.2 Å². The second-order valence-electron chi connectivity index (χ2n) is 8.51. The van der Waals surface area contributed by atoms with Crippen molar-refractivity contribution >= 4 is 12.1 Å². The summed E-state index contributed by atoms with van der Waals surface area (Å²) in [7, 11) is 0. The monoisotopic (exact) mass is 411 g/mol. The van der Waals surface area contributed by atoms with E-state index in [0.717, 1.165) is 44.9 Å². The molecule has 5 heteroatoms. The summed E-state index contributed by atoms with van der Waals surface area (Å²) in [6.45, 7) is 5.02. The van der Waals surface area contributed by atoms with E-state index in [2.05, 4.69) is 12.2 Å². The van der Waals surface area contributed by atoms with Crippen molar-refractivity contribution in [1.29, 1.82) is 0 Å². The minimum absolute atomic E-state index is 0.165. The predicted octanol–water partition coefficient (Wildman–Crippen LogP) is 6.54. The molecule has 29 heavy (non-hydrogen) atoms. The number of ether oxygens (including phenoxy) is 2. The Kier molecular flexibility index (Phi) is 15.6. The molecule has 1 N–H and O–H groups in total. The van der Waals surface area contributed by atoms with Crippen LogP contribution >= 0.6 is 0 Å². The molecule has 0 aromatic carbocycles. The van der Waals surface area contributed by atoms with Gasteiger partial charge in [-0.15, -0.1) is 0 Å². The number of unbranched alkanes of at least 4 members (excludes halogenated alkanes) is 9. The average Bonchev–Trinajstić information content (AvgIpc) is 2.74. The summed E-state index contributed by atoms with van der Waals surface area (Å²) in [5.41, 5.74) is 0. The summed E-state index contributed by atoms with van der Waals surface area (Å²) < 4.78 is 10.6. The van der Waals surface area contributed by atoms with Crippen molar-refractivity contribution in [1.82, 2.24) is 5.32 Å². The summed E-state index contributed by atoms with van der Waals surface area (Å²) in [5, 5.41) is 2.78. The molecule has 0 aromatic heterocycles. The van der Waals surface area contributed by atoms with Crippen molar-refractivity contribution in [2.75, 3.05) is 13.2 Å². The molecule has 1 unspecified atom stereocenters. The number of alkyl carbamates (subject to hydrolysis) is 1. The Hall–Kier alpha value is -1.26. The van der Waals surface area contributed by atoms with Crippen molar-refractivity contribution in [3.05, 3.63) is 0 Å². The standard InChI is InChI=1S/C24H45NO4/c1-3-5-6-7-8-9-10-11-12-16-20-28-23(26)22(21-17-14-13-15-18-21)25-24(27)29-19-4-2/h21-22H,3-20H2,1-2H3,(H,25,27). The van der Waals surface area contributed by atoms with Crippen LogP contribution < -0.4 is 5.32 Å². The quantitative estimate of drug-likeness (QED) is 0.231. The van der Waals surface area contributed by atoms with Gasteiger partial charge in [0.1, 0.15) is 6.04 Å². The third-order valence-corrected chi connectivity index (χ3v) is 5.83. The van der Waals surface area contributed by atoms with Crippen molar-refractivity contribution in [2.45, 2.75) is 123 Å². The van der Waals surface area contributed by atoms with Crippen molar-refractivity contribution in [2.24, 2.45) is 5.92 Å². The maximum absolute atomic E-state index is 12.6. The molecule has 5 nitrogen and oxygen atoms in total. The first-order valence-electron chi connectivity index (χ1n) is 12.3. The highest BCUT2D eigenvalue weighted by atomic mass is 16.6. The van der Waals surface area contributed by atoms with E-state index < -0.39 is 12.1 Å². The lowest BCUT2D eigenvalue weighted by atomic mass is 9.84. The van der Waals surface area contributed by atoms with Crippen LogP contribution in [0.25, 0.3) is 0 Å². The first kappa shape index (κ1) is 25.8. The molecule has 170 valence electrons. The minimum atomic E-state index is -0.567. The van der Waals surface area contributed by atoms with Gasteiger partial charge in [0.25, 0.3) is 0 Å². The molecule has 1 aliphatic rings. The number of esters is 1. The molecule has 1 fully saturated rings. The summed E-state index contributed by atoms with van der Waals surface area (Å²) in [5.74, 6) is -0.126. The zero-order chi connectivity index (χ0) is 21.2. The van der Waals surface area contributed by atoms with E-state index in [1.807, 2.05) is 6.92 Å². The molecule has 1 aliphatic carbocycles. The van der Waals surface area contributed by atoms with E-state index in [-0.39, 0.29) is 11.9 Å². The molecule has 1 saturated carbocycles. The molecule has 0 aliphatic heterocycles. The smallest absolute Gasteiger partial charge is 0.407 e. The van der Waals surface area contributed by atoms with E-state index >= 15 is 0 Å². The van der Waals surface area contributed by atoms with E-state index in [1.54, 1.807) is 0 Å². The van der Waals surface area contributed by atoms with Crippen molar-refractivity contribution in [3.63, 3.8) is 0 Å². The van der Waals surface area contributed by atoms with Crippen LogP contribution in [0.4, 0.5) is 4.79 Å². The molecular weight excluding hydrogens is 366 g/mol. The van der Waals surface area contributed by atoms with Crippen LogP contribution in [0.2, 0.25) is 0 Å². The van der Waals surface area contributed by atoms with E-state index in [4.69, 9.17) is 9.47 Å². The first-order valence-corrected chi connectivity index (χ1v) is 12.3. The van der Waals surface area contributed by atoms with E-state index in [9.17, 15) is 9.59 Å². The van der Waals surface area contributed by atoms with Gasteiger partial charge in [0.2, 0.25) is 0 Å². The van der Waals surface area contributed by atoms with E-state index in [1.165, 1.54) is 57.8 Å². The maximum Gasteiger partial charge on any atom is 0.407 e. The van der Waals surface area contributed by atoms with Gasteiger partial charge in [0.15, 0.2) is 0 Å². The Morgan fingerprint density at radius 3 is 1.93 bits per heavy atom. The van der Waals surface area contributed by atoms with Gasteiger partial charge in [-0.3, -0.25) is 0 Å². The lowest BCUT2D eigenvalue weighted by molar-refractivity contribution is -0.148. The molecule has 0 aromatic rings. The Morgan fingerprint density at radius 2 is 1.34 bits per heavy atom. The fourth-order valence-corrected chi connectivity index (χ4v) is 4.05. The number of hydrogen-bond donors (Lipinski definition) is 1. The summed E-state index contributed by atoms with van der Waals surface area (Å²) in [6, 6.07) is -0.567. The highest BCUT2D eigenvalue weighted by Crippen LogP contribution is 2.27. The molecule has 0 bridgehead atoms. The van der Waals surface area contributed by atoms with Gasteiger partial charge < -0.3 is 14.8 Å². The molecule has 1 amide bonds. The normalized spacial score (nSPS) is 15.7. The third kappa shape index (κ3) is 12.8. The third-order valence-electron chi connectivity index (χ3n) is 5.83. The van der Waals surface area contributed by atoms with Crippen LogP contribution in [0.5, 0.6) is 0 Å². The number of amides is 1. The number of rotatable bonds is 16. The Balaban J connectivity index is 2.21. The van der Waals surface area contributed by atoms with Gasteiger partial charge in [-0.2, -0.15) is 0 Å². The zero-order valence-electron chi connectivity index (χ0n) is 19.0. The molecular formula is C24H45NO4. The average molecular weight is 412 g/mol. The molecule has 0 spiro atoms. The number of carbonyl (C=O) groups is 2. The topological polar surface area (TPSA) is 64.6 Å². The van der Waals surface area contributed by atoms with Crippen molar-refractivity contribution < 1.29 is 19.1 Å². The van der Waals surface area contributed by atoms with Crippen LogP contribution in [0, 0.1) is 5.92 Å². The SMILES string of the molecule is CCCCCCCCCCCCOC(=O)C(NC(=O)OCCC)C1CCCCC1. The molecule has 0 heterocycles. The summed E-state index contributed by atoms with van der Waals surface area (Å²) >= 11 is 0. The Morgan fingerprint density at radius 1 is 0.759 bits per heavy atom. The van der Waals surface area contributed by atoms with Gasteiger partial charge in [0, 0.05) is 0 Å². The zero-order valence-corrected chi connectivity index (χ0v) is 19.0. The fraction of sp³-hybridized carbons (Fsp3) is 0.917. The van der Waals surface area contributed by atoms with Gasteiger partial charge in [-0.05, 0) is 31.6 Å². The highest BCUT2D eigenvalue weighted by molar-refractivity contribution is 5.81. The first-order chi connectivity index (χ1) is 14.2. The minimum Gasteiger partial charge on any atom is -0.464 e. The largest absolute Gasteiger partial charge is 0.464 e. The second kappa shape index (κ2) is 17.6. The molecule has 0 radical (unpaired) electrons. The summed E-state index contributed by atoms with van der Waals surface area (Å²) in [6.07, 6.45) is 18.2. The number of carbonyl (C=O) groups excluding carboxylic acids is 2. The van der Waals surface area contributed by atoms with Gasteiger partial charge in [-0.25, -0.2) is 9.59 Å². The van der Waals surface area contributed by atoms with Gasteiger partial charge in [-0.1, -0.05) is 90.9 Å². The Labute approximate surface area is 178 Å². The van der Waals surface area contributed by atoms with Crippen LogP contribution in [0.1, 0.15) is 117 Å². The summed E-state index contributed by atoms with van der Waals surface area (Å²) in [4.78, 5) is 24.6. The van der Waals surface area contributed by atoms with Crippen LogP contribution in [0.3, 0.4) is 0 Å². The van der Waals surface area contributed by atoms with Crippen LogP contribution in [-0.4, -0.2) is 31.3 Å². The van der Waals surface area contributed by atoms with Crippen LogP contribution in [0.15, 0.2) is 0 Å². The van der Waals surface area contributed by atoms with Crippen LogP contribution in [-0.2, 0) is 14.3 Å². The lowest BCUT2D eigenvalue weighted by Crippen LogP contribution is -2.47. The van der Waals surface area contributed by atoms with Crippen molar-refractivity contribution in [3.8, 4) is 0 Å².